The van der Waals surface area contributed by atoms with Crippen LogP contribution in [0.15, 0.2) is 18.2 Å². The summed E-state index contributed by atoms with van der Waals surface area (Å²) < 4.78 is 14.8. The molecule has 0 saturated heterocycles. The van der Waals surface area contributed by atoms with Gasteiger partial charge in [-0.3, -0.25) is 0 Å². The molecule has 0 amide bonds. The number of carbonyl (C=O) groups excluding carboxylic acids is 1. The van der Waals surface area contributed by atoms with Gasteiger partial charge in [0.1, 0.15) is 5.75 Å². The van der Waals surface area contributed by atoms with Crippen LogP contribution < -0.4 is 14.2 Å². The first-order chi connectivity index (χ1) is 6.25. The minimum atomic E-state index is -0.876. The summed E-state index contributed by atoms with van der Waals surface area (Å²) in [7, 11) is 0. The molecule has 0 N–H and O–H groups in total. The first-order valence-corrected chi connectivity index (χ1v) is 3.90. The smallest absolute Gasteiger partial charge is 0.409 e. The van der Waals surface area contributed by atoms with Crippen LogP contribution in [-0.4, -0.2) is 12.2 Å². The normalized spacial score (nSPS) is 12.7. The predicted molar refractivity (Wildman–Crippen MR) is 44.4 cm³/mol. The summed E-state index contributed by atoms with van der Waals surface area (Å²) >= 11 is 5.03. The van der Waals surface area contributed by atoms with E-state index in [1.807, 2.05) is 0 Å². The molecule has 0 spiro atoms. The highest BCUT2D eigenvalue weighted by atomic mass is 35.5. The van der Waals surface area contributed by atoms with Crippen LogP contribution >= 0.6 is 11.6 Å². The molecule has 1 aliphatic heterocycles. The van der Waals surface area contributed by atoms with Gasteiger partial charge in [-0.15, -0.1) is 0 Å². The van der Waals surface area contributed by atoms with E-state index in [-0.39, 0.29) is 6.79 Å². The van der Waals surface area contributed by atoms with Gasteiger partial charge in [0.15, 0.2) is 11.5 Å². The summed E-state index contributed by atoms with van der Waals surface area (Å²) in [6, 6.07) is 4.77. The van der Waals surface area contributed by atoms with E-state index < -0.39 is 5.43 Å². The molecule has 1 aromatic carbocycles. The van der Waals surface area contributed by atoms with E-state index >= 15 is 0 Å². The number of fused-ring (bicyclic) bond motifs is 1. The van der Waals surface area contributed by atoms with Crippen molar-refractivity contribution in [3.05, 3.63) is 18.2 Å². The third-order valence-corrected chi connectivity index (χ3v) is 1.62. The van der Waals surface area contributed by atoms with E-state index in [0.29, 0.717) is 17.2 Å². The van der Waals surface area contributed by atoms with Crippen molar-refractivity contribution in [2.24, 2.45) is 0 Å². The van der Waals surface area contributed by atoms with Gasteiger partial charge in [0, 0.05) is 17.7 Å². The Bertz CT molecular complexity index is 350. The maximum atomic E-state index is 10.4. The Kier molecular flexibility index (Phi) is 1.98. The first-order valence-electron chi connectivity index (χ1n) is 3.52. The number of halogens is 1. The topological polar surface area (TPSA) is 44.8 Å². The highest BCUT2D eigenvalue weighted by Gasteiger charge is 2.14. The summed E-state index contributed by atoms with van der Waals surface area (Å²) in [4.78, 5) is 10.4. The second kappa shape index (κ2) is 3.14. The molecular formula is C8H5ClO4. The molecule has 0 atom stereocenters. The van der Waals surface area contributed by atoms with Crippen molar-refractivity contribution in [1.29, 1.82) is 0 Å². The van der Waals surface area contributed by atoms with Crippen molar-refractivity contribution in [2.75, 3.05) is 6.79 Å². The summed E-state index contributed by atoms with van der Waals surface area (Å²) in [5, 5.41) is 0. The molecule has 1 heterocycles. The zero-order chi connectivity index (χ0) is 9.26. The van der Waals surface area contributed by atoms with Gasteiger partial charge in [0.2, 0.25) is 6.79 Å². The molecule has 0 aromatic heterocycles. The summed E-state index contributed by atoms with van der Waals surface area (Å²) in [6.45, 7) is 0.188. The third kappa shape index (κ3) is 1.67. The van der Waals surface area contributed by atoms with E-state index in [9.17, 15) is 4.79 Å². The molecule has 1 aromatic rings. The van der Waals surface area contributed by atoms with Crippen molar-refractivity contribution >= 4 is 17.0 Å². The average molecular weight is 201 g/mol. The Morgan fingerprint density at radius 3 is 2.92 bits per heavy atom. The summed E-state index contributed by atoms with van der Waals surface area (Å²) in [5.41, 5.74) is -0.876. The largest absolute Gasteiger partial charge is 0.454 e. The Morgan fingerprint density at radius 2 is 2.15 bits per heavy atom. The van der Waals surface area contributed by atoms with Crippen LogP contribution in [0.5, 0.6) is 17.2 Å². The third-order valence-electron chi connectivity index (χ3n) is 1.54. The van der Waals surface area contributed by atoms with Gasteiger partial charge in [-0.05, 0) is 12.1 Å². The molecule has 0 bridgehead atoms. The fraction of sp³-hybridized carbons (Fsp3) is 0.125. The summed E-state index contributed by atoms with van der Waals surface area (Å²) in [5.74, 6) is 1.52. The van der Waals surface area contributed by atoms with Crippen LogP contribution in [-0.2, 0) is 0 Å². The number of ether oxygens (including phenoxy) is 3. The van der Waals surface area contributed by atoms with E-state index in [4.69, 9.17) is 21.1 Å². The fourth-order valence-corrected chi connectivity index (χ4v) is 1.12. The van der Waals surface area contributed by atoms with Crippen LogP contribution in [0.4, 0.5) is 4.79 Å². The molecule has 0 fully saturated rings. The molecular weight excluding hydrogens is 196 g/mol. The number of benzene rings is 1. The van der Waals surface area contributed by atoms with Crippen molar-refractivity contribution in [2.45, 2.75) is 0 Å². The molecule has 68 valence electrons. The maximum Gasteiger partial charge on any atom is 0.409 e. The fourth-order valence-electron chi connectivity index (χ4n) is 1.03. The van der Waals surface area contributed by atoms with Crippen molar-refractivity contribution in [1.82, 2.24) is 0 Å². The van der Waals surface area contributed by atoms with Crippen molar-refractivity contribution in [3.63, 3.8) is 0 Å². The first kappa shape index (κ1) is 8.19. The minimum Gasteiger partial charge on any atom is -0.454 e. The number of hydrogen-bond donors (Lipinski definition) is 0. The minimum absolute atomic E-state index is 0.188. The molecule has 0 radical (unpaired) electrons. The van der Waals surface area contributed by atoms with Crippen LogP contribution in [0.2, 0.25) is 0 Å². The van der Waals surface area contributed by atoms with Gasteiger partial charge in [0.05, 0.1) is 0 Å². The van der Waals surface area contributed by atoms with Crippen molar-refractivity contribution in [3.8, 4) is 17.2 Å². The van der Waals surface area contributed by atoms with Crippen LogP contribution in [0.25, 0.3) is 0 Å². The highest BCUT2D eigenvalue weighted by molar-refractivity contribution is 6.61. The van der Waals surface area contributed by atoms with Gasteiger partial charge in [-0.1, -0.05) is 0 Å². The molecule has 1 aliphatic rings. The lowest BCUT2D eigenvalue weighted by molar-refractivity contribution is 0.174. The zero-order valence-electron chi connectivity index (χ0n) is 6.45. The number of hydrogen-bond acceptors (Lipinski definition) is 4. The molecule has 13 heavy (non-hydrogen) atoms. The monoisotopic (exact) mass is 200 g/mol. The second-order valence-electron chi connectivity index (χ2n) is 2.35. The van der Waals surface area contributed by atoms with Gasteiger partial charge in [-0.2, -0.15) is 0 Å². The Hall–Kier alpha value is -1.42. The van der Waals surface area contributed by atoms with Crippen LogP contribution in [0, 0.1) is 0 Å². The maximum absolute atomic E-state index is 10.4. The molecule has 0 unspecified atom stereocenters. The van der Waals surface area contributed by atoms with Gasteiger partial charge < -0.3 is 14.2 Å². The molecule has 2 rings (SSSR count). The van der Waals surface area contributed by atoms with Crippen LogP contribution in [0.3, 0.4) is 0 Å². The van der Waals surface area contributed by atoms with Crippen molar-refractivity contribution < 1.29 is 19.0 Å². The number of carbonyl (C=O) groups is 1. The van der Waals surface area contributed by atoms with Crippen LogP contribution in [0.1, 0.15) is 0 Å². The van der Waals surface area contributed by atoms with Gasteiger partial charge >= 0.3 is 5.43 Å². The van der Waals surface area contributed by atoms with Gasteiger partial charge in [-0.25, -0.2) is 4.79 Å². The Labute approximate surface area is 79.0 Å². The van der Waals surface area contributed by atoms with E-state index in [1.165, 1.54) is 0 Å². The Balaban J connectivity index is 2.25. The zero-order valence-corrected chi connectivity index (χ0v) is 7.21. The van der Waals surface area contributed by atoms with E-state index in [2.05, 4.69) is 4.74 Å². The SMILES string of the molecule is O=C(Cl)Oc1ccc2c(c1)OCO2. The predicted octanol–water partition coefficient (Wildman–Crippen LogP) is 2.15. The highest BCUT2D eigenvalue weighted by Crippen LogP contribution is 2.35. The summed E-state index contributed by atoms with van der Waals surface area (Å²) in [6.07, 6.45) is 0. The Morgan fingerprint density at radius 1 is 1.38 bits per heavy atom. The lowest BCUT2D eigenvalue weighted by Gasteiger charge is -2.00. The lowest BCUT2D eigenvalue weighted by atomic mass is 10.3. The van der Waals surface area contributed by atoms with E-state index in [1.54, 1.807) is 18.2 Å². The second-order valence-corrected chi connectivity index (χ2v) is 2.66. The average Bonchev–Trinajstić information content (AvgIpc) is 2.49. The van der Waals surface area contributed by atoms with E-state index in [0.717, 1.165) is 0 Å². The quantitative estimate of drug-likeness (QED) is 0.652. The number of rotatable bonds is 1. The molecule has 5 heteroatoms. The molecule has 4 nitrogen and oxygen atoms in total. The lowest BCUT2D eigenvalue weighted by Crippen LogP contribution is -1.95. The standard InChI is InChI=1S/C8H5ClO4/c9-8(10)13-5-1-2-6-7(3-5)12-4-11-6/h1-3H,4H2. The molecule has 0 saturated carbocycles. The van der Waals surface area contributed by atoms with Gasteiger partial charge in [0.25, 0.3) is 0 Å². The molecule has 0 aliphatic carbocycles.